The van der Waals surface area contributed by atoms with Crippen LogP contribution in [0.25, 0.3) is 0 Å². The van der Waals surface area contributed by atoms with Crippen LogP contribution in [0.3, 0.4) is 0 Å². The van der Waals surface area contributed by atoms with Gasteiger partial charge in [-0.15, -0.1) is 0 Å². The number of halogens is 2. The number of Topliss-reactive ketones (excluding diaryl/α,β-unsaturated/α-hetero) is 1. The number of amides is 2. The van der Waals surface area contributed by atoms with E-state index in [9.17, 15) is 14.4 Å². The number of hydrogen-bond acceptors (Lipinski definition) is 3. The summed E-state index contributed by atoms with van der Waals surface area (Å²) in [7, 11) is 0. The lowest BCUT2D eigenvalue weighted by molar-refractivity contribution is -0.141. The highest BCUT2D eigenvalue weighted by Gasteiger charge is 2.43. The summed E-state index contributed by atoms with van der Waals surface area (Å²) in [6.07, 6.45) is 1.37. The summed E-state index contributed by atoms with van der Waals surface area (Å²) in [5.41, 5.74) is 2.19. The van der Waals surface area contributed by atoms with E-state index in [-0.39, 0.29) is 6.04 Å². The van der Waals surface area contributed by atoms with Gasteiger partial charge in [-0.3, -0.25) is 14.4 Å². The third-order valence-corrected chi connectivity index (χ3v) is 5.64. The predicted octanol–water partition coefficient (Wildman–Crippen LogP) is 4.15. The number of carbonyl (C=O) groups excluding carboxylic acids is 3. The van der Waals surface area contributed by atoms with Gasteiger partial charge < -0.3 is 10.2 Å². The number of aryl methyl sites for hydroxylation is 1. The zero-order chi connectivity index (χ0) is 21.1. The van der Waals surface area contributed by atoms with Gasteiger partial charge in [0.15, 0.2) is 0 Å². The van der Waals surface area contributed by atoms with Crippen molar-refractivity contribution in [3.63, 3.8) is 0 Å². The van der Waals surface area contributed by atoms with Crippen molar-refractivity contribution in [2.45, 2.75) is 38.6 Å². The zero-order valence-electron chi connectivity index (χ0n) is 16.2. The van der Waals surface area contributed by atoms with Crippen molar-refractivity contribution in [1.29, 1.82) is 0 Å². The van der Waals surface area contributed by atoms with E-state index in [1.165, 1.54) is 4.90 Å². The van der Waals surface area contributed by atoms with Crippen molar-refractivity contribution in [3.05, 3.63) is 63.6 Å². The highest BCUT2D eigenvalue weighted by molar-refractivity contribution is 6.48. The van der Waals surface area contributed by atoms with Crippen LogP contribution in [0, 0.1) is 0 Å². The molecule has 152 valence electrons. The van der Waals surface area contributed by atoms with Crippen molar-refractivity contribution in [2.75, 3.05) is 11.4 Å². The van der Waals surface area contributed by atoms with Crippen LogP contribution in [0.2, 0.25) is 10.0 Å². The third-order valence-electron chi connectivity index (χ3n) is 4.90. The second-order valence-electron chi connectivity index (χ2n) is 7.27. The van der Waals surface area contributed by atoms with E-state index in [0.29, 0.717) is 40.7 Å². The third kappa shape index (κ3) is 4.46. The van der Waals surface area contributed by atoms with Crippen LogP contribution in [0.5, 0.6) is 0 Å². The smallest absolute Gasteiger partial charge is 0.295 e. The van der Waals surface area contributed by atoms with Gasteiger partial charge in [-0.05, 0) is 56.0 Å². The second kappa shape index (κ2) is 8.97. The maximum Gasteiger partial charge on any atom is 0.295 e. The fraction of sp³-hybridized carbons (Fsp3) is 0.318. The molecular formula is C22H22Cl2N2O3. The molecule has 29 heavy (non-hydrogen) atoms. The maximum atomic E-state index is 12.8. The highest BCUT2D eigenvalue weighted by atomic mass is 35.5. The summed E-state index contributed by atoms with van der Waals surface area (Å²) in [5, 5.41) is 3.78. The average molecular weight is 433 g/mol. The first-order chi connectivity index (χ1) is 13.8. The number of ketones is 1. The van der Waals surface area contributed by atoms with E-state index in [0.717, 1.165) is 5.56 Å². The normalized spacial score (nSPS) is 16.2. The molecule has 1 heterocycles. The van der Waals surface area contributed by atoms with E-state index < -0.39 is 23.5 Å². The average Bonchev–Trinajstić information content (AvgIpc) is 2.68. The van der Waals surface area contributed by atoms with Crippen LogP contribution in [-0.4, -0.2) is 30.2 Å². The number of hydrogen-bond donors (Lipinski definition) is 1. The lowest BCUT2D eigenvalue weighted by Crippen LogP contribution is -2.50. The van der Waals surface area contributed by atoms with Gasteiger partial charge in [0.05, 0.1) is 10.0 Å². The molecule has 1 N–H and O–H groups in total. The monoisotopic (exact) mass is 432 g/mol. The summed E-state index contributed by atoms with van der Waals surface area (Å²) in [4.78, 5) is 39.5. The van der Waals surface area contributed by atoms with Gasteiger partial charge >= 0.3 is 0 Å². The number of para-hydroxylation sites is 1. The predicted molar refractivity (Wildman–Crippen MR) is 115 cm³/mol. The van der Waals surface area contributed by atoms with Crippen LogP contribution >= 0.6 is 23.2 Å². The number of carbonyl (C=O) groups is 3. The van der Waals surface area contributed by atoms with Crippen LogP contribution in [0.4, 0.5) is 5.69 Å². The molecule has 0 fully saturated rings. The van der Waals surface area contributed by atoms with Gasteiger partial charge in [-0.2, -0.15) is 0 Å². The van der Waals surface area contributed by atoms with Gasteiger partial charge in [0.2, 0.25) is 11.7 Å². The molecule has 0 aliphatic carbocycles. The molecule has 1 atom stereocenters. The quantitative estimate of drug-likeness (QED) is 0.423. The minimum absolute atomic E-state index is 0.178. The molecule has 0 saturated carbocycles. The summed E-state index contributed by atoms with van der Waals surface area (Å²) in [5.74, 6) is -2.90. The van der Waals surface area contributed by atoms with Crippen LogP contribution < -0.4 is 10.2 Å². The number of benzene rings is 2. The molecule has 7 heteroatoms. The Morgan fingerprint density at radius 1 is 1.10 bits per heavy atom. The van der Waals surface area contributed by atoms with Crippen molar-refractivity contribution in [2.24, 2.45) is 0 Å². The summed E-state index contributed by atoms with van der Waals surface area (Å²) in [6.45, 7) is 4.06. The maximum absolute atomic E-state index is 12.8. The SMILES string of the molecule is CC(C)N1C(=O)C(=O)C(C(=O)NCCCc2ccc(Cl)c(Cl)c2)c2ccccc21. The summed E-state index contributed by atoms with van der Waals surface area (Å²) < 4.78 is 0. The molecule has 5 nitrogen and oxygen atoms in total. The van der Waals surface area contributed by atoms with Crippen LogP contribution in [0.15, 0.2) is 42.5 Å². The number of anilines is 1. The topological polar surface area (TPSA) is 66.5 Å². The standard InChI is InChI=1S/C22H22Cl2N2O3/c1-13(2)26-18-8-4-3-7-15(18)19(20(27)22(26)29)21(28)25-11-5-6-14-9-10-16(23)17(24)12-14/h3-4,7-10,12-13,19H,5-6,11H2,1-2H3,(H,25,28). The molecule has 2 aromatic carbocycles. The fourth-order valence-electron chi connectivity index (χ4n) is 3.52. The number of fused-ring (bicyclic) bond motifs is 1. The molecule has 0 spiro atoms. The van der Waals surface area contributed by atoms with Gasteiger partial charge in [0, 0.05) is 18.3 Å². The van der Waals surface area contributed by atoms with E-state index in [4.69, 9.17) is 23.2 Å². The van der Waals surface area contributed by atoms with Gasteiger partial charge in [-0.25, -0.2) is 0 Å². The van der Waals surface area contributed by atoms with Gasteiger partial charge in [0.25, 0.3) is 5.91 Å². The Bertz CT molecular complexity index is 959. The Kier molecular flexibility index (Phi) is 6.60. The van der Waals surface area contributed by atoms with Crippen LogP contribution in [-0.2, 0) is 20.8 Å². The van der Waals surface area contributed by atoms with E-state index >= 15 is 0 Å². The van der Waals surface area contributed by atoms with E-state index in [2.05, 4.69) is 5.32 Å². The number of rotatable bonds is 6. The highest BCUT2D eigenvalue weighted by Crippen LogP contribution is 2.35. The minimum atomic E-state index is -1.11. The molecule has 1 unspecified atom stereocenters. The van der Waals surface area contributed by atoms with Gasteiger partial charge in [0.1, 0.15) is 5.92 Å². The largest absolute Gasteiger partial charge is 0.355 e. The van der Waals surface area contributed by atoms with Gasteiger partial charge in [-0.1, -0.05) is 47.5 Å². The molecule has 1 aliphatic rings. The van der Waals surface area contributed by atoms with Crippen molar-refractivity contribution in [3.8, 4) is 0 Å². The Labute approximate surface area is 180 Å². The number of nitrogens with zero attached hydrogens (tertiary/aromatic N) is 1. The lowest BCUT2D eigenvalue weighted by Gasteiger charge is -2.34. The number of nitrogens with one attached hydrogen (secondary N) is 1. The first kappa shape index (κ1) is 21.3. The van der Waals surface area contributed by atoms with E-state index in [1.54, 1.807) is 36.4 Å². The fourth-order valence-corrected chi connectivity index (χ4v) is 3.84. The molecule has 2 amide bonds. The zero-order valence-corrected chi connectivity index (χ0v) is 17.8. The molecule has 2 aromatic rings. The summed E-state index contributed by atoms with van der Waals surface area (Å²) in [6, 6.07) is 12.3. The first-order valence-electron chi connectivity index (χ1n) is 9.49. The van der Waals surface area contributed by atoms with Crippen LogP contribution in [0.1, 0.15) is 37.3 Å². The lowest BCUT2D eigenvalue weighted by atomic mass is 9.87. The Morgan fingerprint density at radius 2 is 1.83 bits per heavy atom. The second-order valence-corrected chi connectivity index (χ2v) is 8.08. The minimum Gasteiger partial charge on any atom is -0.355 e. The Morgan fingerprint density at radius 3 is 2.52 bits per heavy atom. The first-order valence-corrected chi connectivity index (χ1v) is 10.2. The molecule has 1 aliphatic heterocycles. The van der Waals surface area contributed by atoms with Crippen molar-refractivity contribution < 1.29 is 14.4 Å². The Hall–Kier alpha value is -2.37. The van der Waals surface area contributed by atoms with E-state index in [1.807, 2.05) is 19.9 Å². The molecule has 0 bridgehead atoms. The Balaban J connectivity index is 1.68. The molecule has 0 saturated heterocycles. The molecular weight excluding hydrogens is 411 g/mol. The van der Waals surface area contributed by atoms with Crippen molar-refractivity contribution >= 4 is 46.5 Å². The summed E-state index contributed by atoms with van der Waals surface area (Å²) >= 11 is 11.9. The molecule has 0 radical (unpaired) electrons. The molecule has 0 aromatic heterocycles. The van der Waals surface area contributed by atoms with Crippen molar-refractivity contribution in [1.82, 2.24) is 5.32 Å². The molecule has 3 rings (SSSR count).